The molecule has 0 unspecified atom stereocenters. The topological polar surface area (TPSA) is 63.8 Å². The normalized spacial score (nSPS) is 10.4. The van der Waals surface area contributed by atoms with Gasteiger partial charge >= 0.3 is 0 Å². The standard InChI is InChI=1S/C9H10N4O/c1-7-10-2-9(3-11-7)13-4-8(5-14)12-6-13/h2-4,6,14H,5H2,1H3. The summed E-state index contributed by atoms with van der Waals surface area (Å²) in [5.74, 6) is 0.733. The molecule has 0 fully saturated rings. The molecule has 14 heavy (non-hydrogen) atoms. The Balaban J connectivity index is 2.34. The van der Waals surface area contributed by atoms with Gasteiger partial charge in [0, 0.05) is 6.20 Å². The van der Waals surface area contributed by atoms with Crippen LogP contribution < -0.4 is 0 Å². The van der Waals surface area contributed by atoms with E-state index in [0.717, 1.165) is 11.5 Å². The largest absolute Gasteiger partial charge is 0.390 e. The van der Waals surface area contributed by atoms with E-state index in [9.17, 15) is 0 Å². The number of hydrogen-bond acceptors (Lipinski definition) is 4. The number of aliphatic hydroxyl groups is 1. The molecule has 5 heteroatoms. The van der Waals surface area contributed by atoms with E-state index in [2.05, 4.69) is 15.0 Å². The van der Waals surface area contributed by atoms with Crippen molar-refractivity contribution < 1.29 is 5.11 Å². The summed E-state index contributed by atoms with van der Waals surface area (Å²) < 4.78 is 1.77. The summed E-state index contributed by atoms with van der Waals surface area (Å²) in [6, 6.07) is 0. The van der Waals surface area contributed by atoms with Gasteiger partial charge in [-0.3, -0.25) is 0 Å². The average Bonchev–Trinajstić information content (AvgIpc) is 2.67. The lowest BCUT2D eigenvalue weighted by Crippen LogP contribution is -1.94. The zero-order valence-corrected chi connectivity index (χ0v) is 7.75. The third-order valence-electron chi connectivity index (χ3n) is 1.86. The van der Waals surface area contributed by atoms with Crippen LogP contribution in [-0.4, -0.2) is 24.6 Å². The second-order valence-corrected chi connectivity index (χ2v) is 2.92. The molecule has 72 valence electrons. The van der Waals surface area contributed by atoms with Crippen LogP contribution in [0, 0.1) is 6.92 Å². The summed E-state index contributed by atoms with van der Waals surface area (Å²) in [4.78, 5) is 12.1. The highest BCUT2D eigenvalue weighted by molar-refractivity contribution is 5.25. The van der Waals surface area contributed by atoms with Gasteiger partial charge in [-0.1, -0.05) is 0 Å². The van der Waals surface area contributed by atoms with E-state index in [1.165, 1.54) is 0 Å². The van der Waals surface area contributed by atoms with Crippen LogP contribution in [0.25, 0.3) is 5.69 Å². The number of imidazole rings is 1. The molecule has 0 aliphatic heterocycles. The molecule has 0 aliphatic rings. The van der Waals surface area contributed by atoms with Gasteiger partial charge in [0.2, 0.25) is 0 Å². The highest BCUT2D eigenvalue weighted by Crippen LogP contribution is 2.05. The average molecular weight is 190 g/mol. The summed E-state index contributed by atoms with van der Waals surface area (Å²) in [6.45, 7) is 1.77. The molecule has 0 radical (unpaired) electrons. The first kappa shape index (κ1) is 8.83. The number of nitrogens with zero attached hydrogens (tertiary/aromatic N) is 4. The van der Waals surface area contributed by atoms with E-state index in [1.54, 1.807) is 29.5 Å². The Morgan fingerprint density at radius 3 is 2.57 bits per heavy atom. The van der Waals surface area contributed by atoms with Crippen molar-refractivity contribution in [1.82, 2.24) is 19.5 Å². The maximum Gasteiger partial charge on any atom is 0.125 e. The molecular formula is C9H10N4O. The minimum Gasteiger partial charge on any atom is -0.390 e. The van der Waals surface area contributed by atoms with Crippen molar-refractivity contribution >= 4 is 0 Å². The summed E-state index contributed by atoms with van der Waals surface area (Å²) in [5, 5.41) is 8.83. The number of aromatic nitrogens is 4. The molecule has 0 saturated carbocycles. The van der Waals surface area contributed by atoms with E-state index in [1.807, 2.05) is 6.92 Å². The molecule has 2 heterocycles. The molecule has 2 aromatic heterocycles. The van der Waals surface area contributed by atoms with Gasteiger partial charge in [0.1, 0.15) is 5.82 Å². The zero-order chi connectivity index (χ0) is 9.97. The molecule has 2 aromatic rings. The number of hydrogen-bond donors (Lipinski definition) is 1. The van der Waals surface area contributed by atoms with E-state index in [0.29, 0.717) is 5.69 Å². The summed E-state index contributed by atoms with van der Waals surface area (Å²) >= 11 is 0. The zero-order valence-electron chi connectivity index (χ0n) is 7.75. The molecule has 0 aromatic carbocycles. The third-order valence-corrected chi connectivity index (χ3v) is 1.86. The predicted octanol–water partition coefficient (Wildman–Crippen LogP) is 0.463. The maximum absolute atomic E-state index is 8.83. The van der Waals surface area contributed by atoms with Crippen LogP contribution in [0.15, 0.2) is 24.9 Å². The van der Waals surface area contributed by atoms with Crippen molar-refractivity contribution in [1.29, 1.82) is 0 Å². The van der Waals surface area contributed by atoms with Crippen molar-refractivity contribution in [2.45, 2.75) is 13.5 Å². The Bertz CT molecular complexity index is 421. The smallest absolute Gasteiger partial charge is 0.125 e. The first-order chi connectivity index (χ1) is 6.79. The van der Waals surface area contributed by atoms with Crippen molar-refractivity contribution in [2.24, 2.45) is 0 Å². The van der Waals surface area contributed by atoms with Crippen molar-refractivity contribution in [2.75, 3.05) is 0 Å². The monoisotopic (exact) mass is 190 g/mol. The van der Waals surface area contributed by atoms with Crippen LogP contribution in [0.4, 0.5) is 0 Å². The van der Waals surface area contributed by atoms with E-state index < -0.39 is 0 Å². The molecule has 0 amide bonds. The summed E-state index contributed by atoms with van der Waals surface area (Å²) in [6.07, 6.45) is 6.80. The fourth-order valence-electron chi connectivity index (χ4n) is 1.11. The molecular weight excluding hydrogens is 180 g/mol. The van der Waals surface area contributed by atoms with Gasteiger partial charge in [-0.2, -0.15) is 0 Å². The van der Waals surface area contributed by atoms with Crippen LogP contribution in [0.1, 0.15) is 11.5 Å². The van der Waals surface area contributed by atoms with E-state index >= 15 is 0 Å². The number of rotatable bonds is 2. The molecule has 0 aliphatic carbocycles. The van der Waals surface area contributed by atoms with Crippen LogP contribution in [0.3, 0.4) is 0 Å². The second kappa shape index (κ2) is 3.55. The Labute approximate surface area is 81.1 Å². The SMILES string of the molecule is Cc1ncc(-n2cnc(CO)c2)cn1. The lowest BCUT2D eigenvalue weighted by molar-refractivity contribution is 0.277. The van der Waals surface area contributed by atoms with Gasteiger partial charge in [0.15, 0.2) is 0 Å². The van der Waals surface area contributed by atoms with Crippen LogP contribution >= 0.6 is 0 Å². The minimum absolute atomic E-state index is 0.0558. The Kier molecular flexibility index (Phi) is 2.24. The Morgan fingerprint density at radius 2 is 2.00 bits per heavy atom. The van der Waals surface area contributed by atoms with E-state index in [4.69, 9.17) is 5.11 Å². The Hall–Kier alpha value is -1.75. The molecule has 1 N–H and O–H groups in total. The first-order valence-electron chi connectivity index (χ1n) is 4.22. The molecule has 2 rings (SSSR count). The van der Waals surface area contributed by atoms with Gasteiger partial charge in [-0.05, 0) is 6.92 Å². The lowest BCUT2D eigenvalue weighted by Gasteiger charge is -1.99. The van der Waals surface area contributed by atoms with Crippen LogP contribution in [-0.2, 0) is 6.61 Å². The van der Waals surface area contributed by atoms with Crippen molar-refractivity contribution in [3.63, 3.8) is 0 Å². The number of aryl methyl sites for hydroxylation is 1. The van der Waals surface area contributed by atoms with Gasteiger partial charge in [0.25, 0.3) is 0 Å². The highest BCUT2D eigenvalue weighted by atomic mass is 16.3. The maximum atomic E-state index is 8.83. The first-order valence-corrected chi connectivity index (χ1v) is 4.22. The quantitative estimate of drug-likeness (QED) is 0.747. The van der Waals surface area contributed by atoms with Gasteiger partial charge in [-0.15, -0.1) is 0 Å². The van der Waals surface area contributed by atoms with Crippen molar-refractivity contribution in [3.05, 3.63) is 36.4 Å². The Morgan fingerprint density at radius 1 is 1.29 bits per heavy atom. The molecule has 0 saturated heterocycles. The van der Waals surface area contributed by atoms with E-state index in [-0.39, 0.29) is 6.61 Å². The highest BCUT2D eigenvalue weighted by Gasteiger charge is 1.99. The number of aliphatic hydroxyl groups excluding tert-OH is 1. The van der Waals surface area contributed by atoms with Gasteiger partial charge < -0.3 is 9.67 Å². The minimum atomic E-state index is -0.0558. The molecule has 0 bridgehead atoms. The molecule has 0 atom stereocenters. The second-order valence-electron chi connectivity index (χ2n) is 2.92. The van der Waals surface area contributed by atoms with Crippen molar-refractivity contribution in [3.8, 4) is 5.69 Å². The fourth-order valence-corrected chi connectivity index (χ4v) is 1.11. The van der Waals surface area contributed by atoms with Crippen LogP contribution in [0.2, 0.25) is 0 Å². The predicted molar refractivity (Wildman–Crippen MR) is 49.8 cm³/mol. The third kappa shape index (κ3) is 1.62. The molecule has 5 nitrogen and oxygen atoms in total. The fraction of sp³-hybridized carbons (Fsp3) is 0.222. The summed E-state index contributed by atoms with van der Waals surface area (Å²) in [5.41, 5.74) is 1.47. The summed E-state index contributed by atoms with van der Waals surface area (Å²) in [7, 11) is 0. The molecule has 0 spiro atoms. The van der Waals surface area contributed by atoms with Gasteiger partial charge in [-0.25, -0.2) is 15.0 Å². The lowest BCUT2D eigenvalue weighted by atomic mass is 10.5. The van der Waals surface area contributed by atoms with Gasteiger partial charge in [0.05, 0.1) is 36.7 Å². The van der Waals surface area contributed by atoms with Crippen LogP contribution in [0.5, 0.6) is 0 Å².